The van der Waals surface area contributed by atoms with Crippen LogP contribution in [0.15, 0.2) is 18.2 Å². The van der Waals surface area contributed by atoms with Gasteiger partial charge in [0.25, 0.3) is 0 Å². The molecular formula is C21H31N5O. The summed E-state index contributed by atoms with van der Waals surface area (Å²) in [5.74, 6) is 0. The normalized spacial score (nSPS) is 21.7. The Balaban J connectivity index is 1.57. The summed E-state index contributed by atoms with van der Waals surface area (Å²) >= 11 is 0. The molecular weight excluding hydrogens is 338 g/mol. The molecule has 0 bridgehead atoms. The van der Waals surface area contributed by atoms with E-state index in [1.54, 1.807) is 6.07 Å². The Morgan fingerprint density at radius 1 is 1.22 bits per heavy atom. The number of likely N-dealkylation sites (N-methyl/N-ethyl adjacent to an activating group) is 1. The van der Waals surface area contributed by atoms with Crippen LogP contribution in [-0.2, 0) is 0 Å². The number of urea groups is 1. The van der Waals surface area contributed by atoms with E-state index in [1.165, 1.54) is 6.42 Å². The van der Waals surface area contributed by atoms with Crippen LogP contribution in [0.5, 0.6) is 0 Å². The summed E-state index contributed by atoms with van der Waals surface area (Å²) in [5.41, 5.74) is 2.24. The molecule has 2 saturated heterocycles. The molecule has 1 N–H and O–H groups in total. The Labute approximate surface area is 162 Å². The number of nitrogens with one attached hydrogen (secondary N) is 1. The largest absolute Gasteiger partial charge is 0.322 e. The van der Waals surface area contributed by atoms with E-state index in [4.69, 9.17) is 0 Å². The Kier molecular flexibility index (Phi) is 6.70. The maximum absolute atomic E-state index is 12.9. The quantitative estimate of drug-likeness (QED) is 0.886. The molecule has 0 aromatic heterocycles. The molecule has 1 unspecified atom stereocenters. The van der Waals surface area contributed by atoms with Gasteiger partial charge >= 0.3 is 6.03 Å². The number of benzene rings is 1. The number of nitrogens with zero attached hydrogens (tertiary/aromatic N) is 4. The number of hydrogen-bond acceptors (Lipinski definition) is 4. The first-order chi connectivity index (χ1) is 13.1. The summed E-state index contributed by atoms with van der Waals surface area (Å²) < 4.78 is 0. The van der Waals surface area contributed by atoms with E-state index >= 15 is 0 Å². The molecule has 2 aliphatic heterocycles. The maximum Gasteiger partial charge on any atom is 0.322 e. The third kappa shape index (κ3) is 5.21. The number of aryl methyl sites for hydroxylation is 1. The van der Waals surface area contributed by atoms with Crippen LogP contribution in [-0.4, -0.2) is 73.1 Å². The van der Waals surface area contributed by atoms with E-state index in [0.717, 1.165) is 64.1 Å². The van der Waals surface area contributed by atoms with Gasteiger partial charge in [-0.25, -0.2) is 4.79 Å². The second-order valence-corrected chi connectivity index (χ2v) is 7.85. The van der Waals surface area contributed by atoms with Gasteiger partial charge in [-0.15, -0.1) is 0 Å². The summed E-state index contributed by atoms with van der Waals surface area (Å²) in [6.07, 6.45) is 4.38. The average Bonchev–Trinajstić information content (AvgIpc) is 2.69. The first kappa shape index (κ1) is 19.7. The number of amides is 2. The van der Waals surface area contributed by atoms with Crippen molar-refractivity contribution in [2.75, 3.05) is 51.6 Å². The number of carbonyl (C=O) groups is 1. The monoisotopic (exact) mass is 369 g/mol. The molecule has 6 heteroatoms. The van der Waals surface area contributed by atoms with Crippen LogP contribution in [0.4, 0.5) is 10.5 Å². The van der Waals surface area contributed by atoms with Gasteiger partial charge in [0.05, 0.1) is 11.6 Å². The van der Waals surface area contributed by atoms with Crippen molar-refractivity contribution >= 4 is 11.7 Å². The van der Waals surface area contributed by atoms with Crippen molar-refractivity contribution < 1.29 is 4.79 Å². The highest BCUT2D eigenvalue weighted by atomic mass is 16.2. The molecule has 1 aromatic carbocycles. The lowest BCUT2D eigenvalue weighted by molar-refractivity contribution is 0.122. The highest BCUT2D eigenvalue weighted by Crippen LogP contribution is 2.22. The molecule has 0 saturated carbocycles. The minimum Gasteiger partial charge on any atom is -0.322 e. The van der Waals surface area contributed by atoms with Gasteiger partial charge in [0.1, 0.15) is 0 Å². The topological polar surface area (TPSA) is 62.6 Å². The van der Waals surface area contributed by atoms with Gasteiger partial charge in [-0.1, -0.05) is 6.07 Å². The van der Waals surface area contributed by atoms with Gasteiger partial charge in [0.2, 0.25) is 0 Å². The number of rotatable bonds is 4. The Morgan fingerprint density at radius 2 is 2.00 bits per heavy atom. The second-order valence-electron chi connectivity index (χ2n) is 7.85. The van der Waals surface area contributed by atoms with E-state index in [1.807, 2.05) is 24.0 Å². The lowest BCUT2D eigenvalue weighted by Gasteiger charge is -2.38. The lowest BCUT2D eigenvalue weighted by Crippen LogP contribution is -2.49. The SMILES string of the molecule is Cc1ccc(NC(=O)N2CCCCC2CCN2CCN(C)CC2)cc1C#N. The number of hydrogen-bond donors (Lipinski definition) is 1. The van der Waals surface area contributed by atoms with Crippen molar-refractivity contribution in [3.05, 3.63) is 29.3 Å². The third-order valence-corrected chi connectivity index (χ3v) is 5.87. The Morgan fingerprint density at radius 3 is 2.74 bits per heavy atom. The lowest BCUT2D eigenvalue weighted by atomic mass is 9.99. The highest BCUT2D eigenvalue weighted by molar-refractivity contribution is 5.89. The smallest absolute Gasteiger partial charge is 0.322 e. The maximum atomic E-state index is 12.9. The van der Waals surface area contributed by atoms with Crippen molar-refractivity contribution in [3.8, 4) is 6.07 Å². The second kappa shape index (κ2) is 9.20. The predicted molar refractivity (Wildman–Crippen MR) is 108 cm³/mol. The molecule has 27 heavy (non-hydrogen) atoms. The van der Waals surface area contributed by atoms with Crippen molar-refractivity contribution in [2.24, 2.45) is 0 Å². The molecule has 1 atom stereocenters. The van der Waals surface area contributed by atoms with Crippen molar-refractivity contribution in [3.63, 3.8) is 0 Å². The third-order valence-electron chi connectivity index (χ3n) is 5.87. The molecule has 1 aromatic rings. The van der Waals surface area contributed by atoms with Crippen LogP contribution in [0.25, 0.3) is 0 Å². The van der Waals surface area contributed by atoms with Gasteiger partial charge < -0.3 is 20.0 Å². The first-order valence-electron chi connectivity index (χ1n) is 10.1. The zero-order valence-corrected chi connectivity index (χ0v) is 16.6. The summed E-state index contributed by atoms with van der Waals surface area (Å²) in [4.78, 5) is 19.8. The number of carbonyl (C=O) groups excluding carboxylic acids is 1. The van der Waals surface area contributed by atoms with Gasteiger partial charge in [0, 0.05) is 51.0 Å². The molecule has 0 radical (unpaired) electrons. The van der Waals surface area contributed by atoms with Gasteiger partial charge in [-0.2, -0.15) is 5.26 Å². The molecule has 6 nitrogen and oxygen atoms in total. The van der Waals surface area contributed by atoms with E-state index in [2.05, 4.69) is 28.2 Å². The zero-order chi connectivity index (χ0) is 19.2. The summed E-state index contributed by atoms with van der Waals surface area (Å²) in [7, 11) is 2.17. The number of anilines is 1. The molecule has 0 spiro atoms. The Bertz CT molecular complexity index is 690. The fourth-order valence-corrected chi connectivity index (χ4v) is 3.99. The van der Waals surface area contributed by atoms with Crippen LogP contribution in [0.2, 0.25) is 0 Å². The van der Waals surface area contributed by atoms with Crippen molar-refractivity contribution in [1.82, 2.24) is 14.7 Å². The predicted octanol–water partition coefficient (Wildman–Crippen LogP) is 2.89. The van der Waals surface area contributed by atoms with Gasteiger partial charge in [0.15, 0.2) is 0 Å². The molecule has 2 aliphatic rings. The van der Waals surface area contributed by atoms with Crippen LogP contribution >= 0.6 is 0 Å². The summed E-state index contributed by atoms with van der Waals surface area (Å²) in [6.45, 7) is 8.28. The fourth-order valence-electron chi connectivity index (χ4n) is 3.99. The molecule has 146 valence electrons. The van der Waals surface area contributed by atoms with Gasteiger partial charge in [-0.05, 0) is 57.4 Å². The van der Waals surface area contributed by atoms with E-state index < -0.39 is 0 Å². The Hall–Kier alpha value is -2.10. The van der Waals surface area contributed by atoms with Crippen LogP contribution in [0.3, 0.4) is 0 Å². The standard InChI is InChI=1S/C21H31N5O/c1-17-6-7-19(15-18(17)16-22)23-21(27)26-9-4-3-5-20(26)8-10-25-13-11-24(2)12-14-25/h6-7,15,20H,3-5,8-14H2,1-2H3,(H,23,27). The van der Waals surface area contributed by atoms with Crippen molar-refractivity contribution in [2.45, 2.75) is 38.6 Å². The minimum atomic E-state index is -0.0363. The minimum absolute atomic E-state index is 0.0363. The molecule has 2 heterocycles. The van der Waals surface area contributed by atoms with Gasteiger partial charge in [-0.3, -0.25) is 0 Å². The molecule has 2 amide bonds. The number of piperazine rings is 1. The van der Waals surface area contributed by atoms with Crippen molar-refractivity contribution in [1.29, 1.82) is 5.26 Å². The molecule has 2 fully saturated rings. The van der Waals surface area contributed by atoms with Crippen LogP contribution < -0.4 is 5.32 Å². The number of likely N-dealkylation sites (tertiary alicyclic amines) is 1. The number of nitriles is 1. The molecule has 3 rings (SSSR count). The summed E-state index contributed by atoms with van der Waals surface area (Å²) in [5, 5.41) is 12.2. The highest BCUT2D eigenvalue weighted by Gasteiger charge is 2.27. The molecule has 0 aliphatic carbocycles. The number of piperidine rings is 1. The summed E-state index contributed by atoms with van der Waals surface area (Å²) in [6, 6.07) is 7.97. The van der Waals surface area contributed by atoms with E-state index in [-0.39, 0.29) is 6.03 Å². The van der Waals surface area contributed by atoms with E-state index in [0.29, 0.717) is 17.3 Å². The van der Waals surface area contributed by atoms with Crippen LogP contribution in [0, 0.1) is 18.3 Å². The first-order valence-corrected chi connectivity index (χ1v) is 10.1. The zero-order valence-electron chi connectivity index (χ0n) is 16.6. The van der Waals surface area contributed by atoms with E-state index in [9.17, 15) is 10.1 Å². The van der Waals surface area contributed by atoms with Crippen LogP contribution in [0.1, 0.15) is 36.8 Å². The average molecular weight is 370 g/mol. The fraction of sp³-hybridized carbons (Fsp3) is 0.619.